The lowest BCUT2D eigenvalue weighted by atomic mass is 10.2. The maximum absolute atomic E-state index is 11.2. The fraction of sp³-hybridized carbons (Fsp3) is 0.222. The molecule has 6 heteroatoms. The molecule has 0 spiro atoms. The number of ketones is 1. The minimum absolute atomic E-state index is 0.117. The molecule has 0 fully saturated rings. The van der Waals surface area contributed by atoms with Crippen molar-refractivity contribution in [1.82, 2.24) is 14.6 Å². The first-order chi connectivity index (χ1) is 7.02. The van der Waals surface area contributed by atoms with Gasteiger partial charge in [0.2, 0.25) is 0 Å². The molecule has 78 valence electrons. The van der Waals surface area contributed by atoms with Crippen LogP contribution in [0.2, 0.25) is 10.3 Å². The van der Waals surface area contributed by atoms with Crippen molar-refractivity contribution in [2.75, 3.05) is 0 Å². The molecule has 0 amide bonds. The zero-order valence-electron chi connectivity index (χ0n) is 8.08. The fourth-order valence-electron chi connectivity index (χ4n) is 1.26. The quantitative estimate of drug-likeness (QED) is 0.572. The van der Waals surface area contributed by atoms with Crippen LogP contribution in [-0.4, -0.2) is 20.4 Å². The number of carbonyl (C=O) groups excluding carboxylic acids is 1. The first-order valence-electron chi connectivity index (χ1n) is 4.22. The third kappa shape index (κ3) is 1.50. The largest absolute Gasteiger partial charge is 0.294 e. The molecule has 15 heavy (non-hydrogen) atoms. The first-order valence-corrected chi connectivity index (χ1v) is 4.98. The van der Waals surface area contributed by atoms with Crippen molar-refractivity contribution in [1.29, 1.82) is 0 Å². The summed E-state index contributed by atoms with van der Waals surface area (Å²) < 4.78 is 1.40. The number of hydrogen-bond donors (Lipinski definition) is 0. The van der Waals surface area contributed by atoms with Gasteiger partial charge in [-0.05, 0) is 13.8 Å². The van der Waals surface area contributed by atoms with Gasteiger partial charge in [-0.2, -0.15) is 5.10 Å². The van der Waals surface area contributed by atoms with E-state index in [4.69, 9.17) is 23.2 Å². The zero-order chi connectivity index (χ0) is 11.2. The van der Waals surface area contributed by atoms with Gasteiger partial charge in [0.05, 0.1) is 11.8 Å². The van der Waals surface area contributed by atoms with Gasteiger partial charge in [-0.1, -0.05) is 23.2 Å². The van der Waals surface area contributed by atoms with E-state index < -0.39 is 0 Å². The number of aromatic nitrogens is 3. The van der Waals surface area contributed by atoms with Crippen molar-refractivity contribution < 1.29 is 4.79 Å². The van der Waals surface area contributed by atoms with E-state index in [0.29, 0.717) is 21.9 Å². The molecule has 0 N–H and O–H groups in total. The van der Waals surface area contributed by atoms with Crippen LogP contribution in [0, 0.1) is 6.92 Å². The predicted molar refractivity (Wildman–Crippen MR) is 57.7 cm³/mol. The topological polar surface area (TPSA) is 47.3 Å². The summed E-state index contributed by atoms with van der Waals surface area (Å²) in [4.78, 5) is 15.3. The first kappa shape index (κ1) is 10.4. The summed E-state index contributed by atoms with van der Waals surface area (Å²) in [6.07, 6.45) is 1.44. The fourth-order valence-corrected chi connectivity index (χ4v) is 1.69. The molecular weight excluding hydrogens is 237 g/mol. The summed E-state index contributed by atoms with van der Waals surface area (Å²) in [5, 5.41) is 4.64. The number of nitrogens with zero attached hydrogens (tertiary/aromatic N) is 3. The molecule has 0 unspecified atom stereocenters. The van der Waals surface area contributed by atoms with Crippen LogP contribution in [0.1, 0.15) is 22.8 Å². The number of Topliss-reactive ketones (excluding diaryl/α,β-unsaturated/α-hetero) is 1. The SMILES string of the molecule is CC(=O)c1cnn2c(Cl)c(C)c(Cl)nc12. The summed E-state index contributed by atoms with van der Waals surface area (Å²) in [7, 11) is 0. The van der Waals surface area contributed by atoms with Crippen molar-refractivity contribution in [2.24, 2.45) is 0 Å². The Balaban J connectivity index is 2.89. The average Bonchev–Trinajstić information content (AvgIpc) is 2.58. The summed E-state index contributed by atoms with van der Waals surface area (Å²) in [5.74, 6) is -0.117. The molecule has 0 aliphatic heterocycles. The zero-order valence-corrected chi connectivity index (χ0v) is 9.60. The number of fused-ring (bicyclic) bond motifs is 1. The predicted octanol–water partition coefficient (Wildman–Crippen LogP) is 2.55. The third-order valence-electron chi connectivity index (χ3n) is 2.13. The molecule has 4 nitrogen and oxygen atoms in total. The lowest BCUT2D eigenvalue weighted by Gasteiger charge is -2.03. The van der Waals surface area contributed by atoms with Gasteiger partial charge in [-0.25, -0.2) is 9.50 Å². The van der Waals surface area contributed by atoms with Crippen LogP contribution in [0.15, 0.2) is 6.20 Å². The Morgan fingerprint density at radius 2 is 2.13 bits per heavy atom. The van der Waals surface area contributed by atoms with Crippen molar-refractivity contribution in [2.45, 2.75) is 13.8 Å². The summed E-state index contributed by atoms with van der Waals surface area (Å²) >= 11 is 11.9. The summed E-state index contributed by atoms with van der Waals surface area (Å²) in [5.41, 5.74) is 1.45. The van der Waals surface area contributed by atoms with E-state index in [1.807, 2.05) is 0 Å². The average molecular weight is 244 g/mol. The minimum atomic E-state index is -0.117. The highest BCUT2D eigenvalue weighted by molar-refractivity contribution is 6.34. The molecule has 0 aliphatic rings. The van der Waals surface area contributed by atoms with Crippen LogP contribution < -0.4 is 0 Å². The number of carbonyl (C=O) groups is 1. The molecule has 2 rings (SSSR count). The van der Waals surface area contributed by atoms with Crippen LogP contribution >= 0.6 is 23.2 Å². The maximum Gasteiger partial charge on any atom is 0.169 e. The molecule has 2 aromatic rings. The summed E-state index contributed by atoms with van der Waals surface area (Å²) in [6.45, 7) is 3.19. The molecule has 2 heterocycles. The van der Waals surface area contributed by atoms with Gasteiger partial charge in [0.1, 0.15) is 10.3 Å². The van der Waals surface area contributed by atoms with Crippen LogP contribution in [0.25, 0.3) is 5.65 Å². The van der Waals surface area contributed by atoms with E-state index in [1.54, 1.807) is 6.92 Å². The van der Waals surface area contributed by atoms with Crippen LogP contribution in [0.5, 0.6) is 0 Å². The normalized spacial score (nSPS) is 10.9. The van der Waals surface area contributed by atoms with Crippen molar-refractivity contribution in [3.05, 3.63) is 27.6 Å². The summed E-state index contributed by atoms with van der Waals surface area (Å²) in [6, 6.07) is 0. The number of hydrogen-bond acceptors (Lipinski definition) is 3. The van der Waals surface area contributed by atoms with Gasteiger partial charge in [-0.15, -0.1) is 0 Å². The highest BCUT2D eigenvalue weighted by Crippen LogP contribution is 2.24. The standard InChI is InChI=1S/C9H7Cl2N3O/c1-4-7(10)13-9-6(5(2)15)3-12-14(9)8(4)11/h3H,1-2H3. The van der Waals surface area contributed by atoms with Gasteiger partial charge in [0.25, 0.3) is 0 Å². The molecule has 0 radical (unpaired) electrons. The monoisotopic (exact) mass is 243 g/mol. The third-order valence-corrected chi connectivity index (χ3v) is 2.94. The molecule has 0 atom stereocenters. The lowest BCUT2D eigenvalue weighted by Crippen LogP contribution is -1.99. The Morgan fingerprint density at radius 1 is 1.47 bits per heavy atom. The van der Waals surface area contributed by atoms with Crippen molar-refractivity contribution in [3.8, 4) is 0 Å². The minimum Gasteiger partial charge on any atom is -0.294 e. The second-order valence-corrected chi connectivity index (χ2v) is 3.88. The van der Waals surface area contributed by atoms with E-state index in [9.17, 15) is 4.79 Å². The Morgan fingerprint density at radius 3 is 2.73 bits per heavy atom. The van der Waals surface area contributed by atoms with E-state index in [-0.39, 0.29) is 10.9 Å². The highest BCUT2D eigenvalue weighted by Gasteiger charge is 2.15. The Labute approximate surface area is 95.8 Å². The van der Waals surface area contributed by atoms with Gasteiger partial charge in [0.15, 0.2) is 11.4 Å². The van der Waals surface area contributed by atoms with Gasteiger partial charge >= 0.3 is 0 Å². The molecule has 0 saturated heterocycles. The second kappa shape index (κ2) is 3.47. The Hall–Kier alpha value is -1.13. The Bertz CT molecular complexity index is 562. The van der Waals surface area contributed by atoms with Crippen LogP contribution in [-0.2, 0) is 0 Å². The lowest BCUT2D eigenvalue weighted by molar-refractivity contribution is 0.101. The van der Waals surface area contributed by atoms with Gasteiger partial charge in [-0.3, -0.25) is 4.79 Å². The van der Waals surface area contributed by atoms with Crippen molar-refractivity contribution in [3.63, 3.8) is 0 Å². The van der Waals surface area contributed by atoms with Gasteiger partial charge in [0, 0.05) is 5.56 Å². The Kier molecular flexibility index (Phi) is 2.40. The molecule has 0 aliphatic carbocycles. The van der Waals surface area contributed by atoms with E-state index in [1.165, 1.54) is 17.6 Å². The second-order valence-electron chi connectivity index (χ2n) is 3.17. The maximum atomic E-state index is 11.2. The molecule has 0 bridgehead atoms. The van der Waals surface area contributed by atoms with Crippen LogP contribution in [0.3, 0.4) is 0 Å². The molecule has 2 aromatic heterocycles. The molecule has 0 aromatic carbocycles. The van der Waals surface area contributed by atoms with Gasteiger partial charge < -0.3 is 0 Å². The van der Waals surface area contributed by atoms with Crippen LogP contribution in [0.4, 0.5) is 0 Å². The highest BCUT2D eigenvalue weighted by atomic mass is 35.5. The van der Waals surface area contributed by atoms with E-state index in [2.05, 4.69) is 10.1 Å². The number of halogens is 2. The van der Waals surface area contributed by atoms with E-state index in [0.717, 1.165) is 0 Å². The number of rotatable bonds is 1. The van der Waals surface area contributed by atoms with Crippen molar-refractivity contribution >= 4 is 34.6 Å². The van der Waals surface area contributed by atoms with E-state index >= 15 is 0 Å². The molecular formula is C9H7Cl2N3O. The molecule has 0 saturated carbocycles. The smallest absolute Gasteiger partial charge is 0.169 e.